The number of guanidine groups is 1. The first-order valence-electron chi connectivity index (χ1n) is 6.76. The van der Waals surface area contributed by atoms with Gasteiger partial charge in [-0.3, -0.25) is 5.32 Å². The van der Waals surface area contributed by atoms with E-state index in [0.717, 1.165) is 0 Å². The number of hydrogen-bond acceptors (Lipinski definition) is 4. The van der Waals surface area contributed by atoms with Crippen molar-refractivity contribution >= 4 is 33.1 Å². The van der Waals surface area contributed by atoms with Crippen LogP contribution in [0.3, 0.4) is 0 Å². The zero-order valence-electron chi connectivity index (χ0n) is 12.0. The molecular weight excluding hydrogens is 316 g/mol. The van der Waals surface area contributed by atoms with E-state index in [2.05, 4.69) is 14.7 Å². The molecule has 0 aliphatic heterocycles. The molecule has 118 valence electrons. The van der Waals surface area contributed by atoms with Crippen LogP contribution in [0.5, 0.6) is 0 Å². The molecule has 1 aromatic heterocycles. The predicted octanol–water partition coefficient (Wildman–Crippen LogP) is 2.08. The van der Waals surface area contributed by atoms with Crippen molar-refractivity contribution in [2.24, 2.45) is 10.1 Å². The van der Waals surface area contributed by atoms with Crippen LogP contribution in [0.4, 0.5) is 6.01 Å². The van der Waals surface area contributed by atoms with Crippen LogP contribution in [-0.4, -0.2) is 19.4 Å². The van der Waals surface area contributed by atoms with Gasteiger partial charge in [0, 0.05) is 0 Å². The first kappa shape index (κ1) is 15.0. The number of hydrogen-bond donors (Lipinski definition) is 2. The van der Waals surface area contributed by atoms with Crippen LogP contribution in [0.25, 0.3) is 11.1 Å². The monoisotopic (exact) mass is 330 g/mol. The van der Waals surface area contributed by atoms with E-state index in [1.165, 1.54) is 0 Å². The van der Waals surface area contributed by atoms with E-state index < -0.39 is 10.0 Å². The van der Waals surface area contributed by atoms with Crippen molar-refractivity contribution in [2.75, 3.05) is 5.32 Å². The van der Waals surface area contributed by atoms with E-state index in [-0.39, 0.29) is 17.7 Å². The van der Waals surface area contributed by atoms with Gasteiger partial charge in [-0.15, -0.1) is 4.40 Å². The first-order chi connectivity index (χ1) is 11.0. The minimum absolute atomic E-state index is 0.0855. The van der Waals surface area contributed by atoms with E-state index in [1.54, 1.807) is 42.5 Å². The number of sulfonamides is 1. The molecule has 0 aliphatic rings. The Labute approximate surface area is 132 Å². The van der Waals surface area contributed by atoms with Gasteiger partial charge in [-0.1, -0.05) is 42.5 Å². The number of oxazole rings is 1. The lowest BCUT2D eigenvalue weighted by Gasteiger charge is -2.02. The van der Waals surface area contributed by atoms with Gasteiger partial charge in [-0.25, -0.2) is 8.42 Å². The zero-order chi connectivity index (χ0) is 16.3. The molecule has 7 nitrogen and oxygen atoms in total. The molecule has 0 spiro atoms. The number of anilines is 1. The second kappa shape index (κ2) is 6.09. The molecule has 0 unspecified atom stereocenters. The van der Waals surface area contributed by atoms with E-state index in [0.29, 0.717) is 16.7 Å². The molecule has 0 atom stereocenters. The number of rotatable bonds is 4. The van der Waals surface area contributed by atoms with Crippen molar-refractivity contribution in [2.45, 2.75) is 5.75 Å². The lowest BCUT2D eigenvalue weighted by atomic mass is 10.2. The molecule has 0 aliphatic carbocycles. The Kier molecular flexibility index (Phi) is 3.98. The van der Waals surface area contributed by atoms with E-state index in [9.17, 15) is 8.42 Å². The van der Waals surface area contributed by atoms with E-state index in [4.69, 9.17) is 10.2 Å². The second-order valence-electron chi connectivity index (χ2n) is 4.80. The highest BCUT2D eigenvalue weighted by atomic mass is 32.2. The summed E-state index contributed by atoms with van der Waals surface area (Å²) in [6.07, 6.45) is 0. The number of nitrogens with one attached hydrogen (secondary N) is 1. The molecule has 2 aromatic carbocycles. The van der Waals surface area contributed by atoms with E-state index >= 15 is 0 Å². The Hall–Kier alpha value is -2.87. The summed E-state index contributed by atoms with van der Waals surface area (Å²) in [7, 11) is -3.75. The summed E-state index contributed by atoms with van der Waals surface area (Å²) in [6, 6.07) is 16.0. The van der Waals surface area contributed by atoms with Crippen LogP contribution in [0.15, 0.2) is 63.4 Å². The third-order valence-electron chi connectivity index (χ3n) is 2.96. The van der Waals surface area contributed by atoms with Crippen LogP contribution < -0.4 is 11.1 Å². The van der Waals surface area contributed by atoms with Gasteiger partial charge in [-0.2, -0.15) is 4.98 Å². The highest BCUT2D eigenvalue weighted by molar-refractivity contribution is 7.89. The van der Waals surface area contributed by atoms with Crippen molar-refractivity contribution in [1.82, 2.24) is 4.98 Å². The van der Waals surface area contributed by atoms with Crippen LogP contribution in [0.2, 0.25) is 0 Å². The zero-order valence-corrected chi connectivity index (χ0v) is 12.8. The summed E-state index contributed by atoms with van der Waals surface area (Å²) >= 11 is 0. The molecule has 0 fully saturated rings. The van der Waals surface area contributed by atoms with Crippen molar-refractivity contribution in [3.8, 4) is 0 Å². The number of fused-ring (bicyclic) bond motifs is 1. The Balaban J connectivity index is 1.76. The number of benzene rings is 2. The van der Waals surface area contributed by atoms with Crippen LogP contribution >= 0.6 is 0 Å². The van der Waals surface area contributed by atoms with Crippen LogP contribution in [-0.2, 0) is 15.8 Å². The van der Waals surface area contributed by atoms with Crippen LogP contribution in [0.1, 0.15) is 5.56 Å². The Morgan fingerprint density at radius 2 is 1.83 bits per heavy atom. The van der Waals surface area contributed by atoms with Crippen molar-refractivity contribution in [3.63, 3.8) is 0 Å². The van der Waals surface area contributed by atoms with Gasteiger partial charge in [0.05, 0.1) is 5.75 Å². The molecular formula is C15H14N4O3S. The standard InChI is InChI=1S/C15H14N4O3S/c16-14(18-15-17-12-8-4-5-9-13(12)22-15)19-23(20,21)10-11-6-2-1-3-7-11/h1-9H,10H2,(H3,16,17,18,19). The summed E-state index contributed by atoms with van der Waals surface area (Å²) in [6.45, 7) is 0. The Morgan fingerprint density at radius 3 is 2.57 bits per heavy atom. The summed E-state index contributed by atoms with van der Waals surface area (Å²) < 4.78 is 32.9. The first-order valence-corrected chi connectivity index (χ1v) is 8.37. The minimum Gasteiger partial charge on any atom is -0.423 e. The lowest BCUT2D eigenvalue weighted by Crippen LogP contribution is -2.24. The average molecular weight is 330 g/mol. The fourth-order valence-electron chi connectivity index (χ4n) is 2.03. The molecule has 0 radical (unpaired) electrons. The number of nitrogens with two attached hydrogens (primary N) is 1. The maximum absolute atomic E-state index is 12.0. The smallest absolute Gasteiger partial charge is 0.302 e. The number of para-hydroxylation sites is 2. The van der Waals surface area contributed by atoms with Gasteiger partial charge in [-0.05, 0) is 17.7 Å². The SMILES string of the molecule is N/C(=N/S(=O)(=O)Cc1ccccc1)Nc1nc2ccccc2o1. The molecule has 3 rings (SSSR count). The molecule has 0 amide bonds. The van der Waals surface area contributed by atoms with Crippen molar-refractivity contribution < 1.29 is 12.8 Å². The molecule has 0 saturated heterocycles. The topological polar surface area (TPSA) is 111 Å². The summed E-state index contributed by atoms with van der Waals surface area (Å²) in [5.74, 6) is -0.531. The highest BCUT2D eigenvalue weighted by Crippen LogP contribution is 2.17. The minimum atomic E-state index is -3.75. The molecule has 0 saturated carbocycles. The Bertz CT molecular complexity index is 916. The van der Waals surface area contributed by atoms with Crippen LogP contribution in [0, 0.1) is 0 Å². The van der Waals surface area contributed by atoms with Crippen molar-refractivity contribution in [1.29, 1.82) is 0 Å². The van der Waals surface area contributed by atoms with Gasteiger partial charge in [0.1, 0.15) is 5.52 Å². The summed E-state index contributed by atoms with van der Waals surface area (Å²) in [5, 5.41) is 2.54. The lowest BCUT2D eigenvalue weighted by molar-refractivity contribution is 0.597. The number of nitrogens with zero attached hydrogens (tertiary/aromatic N) is 2. The maximum atomic E-state index is 12.0. The largest absolute Gasteiger partial charge is 0.423 e. The average Bonchev–Trinajstić information content (AvgIpc) is 2.88. The van der Waals surface area contributed by atoms with Crippen molar-refractivity contribution in [3.05, 3.63) is 60.2 Å². The molecule has 0 bridgehead atoms. The summed E-state index contributed by atoms with van der Waals surface area (Å²) in [5.41, 5.74) is 7.46. The highest BCUT2D eigenvalue weighted by Gasteiger charge is 2.12. The molecule has 23 heavy (non-hydrogen) atoms. The van der Waals surface area contributed by atoms with Gasteiger partial charge in [0.15, 0.2) is 5.58 Å². The van der Waals surface area contributed by atoms with Gasteiger partial charge in [0.2, 0.25) is 5.96 Å². The quantitative estimate of drug-likeness (QED) is 0.560. The molecule has 8 heteroatoms. The fourth-order valence-corrected chi connectivity index (χ4v) is 3.05. The third kappa shape index (κ3) is 3.86. The fraction of sp³-hybridized carbons (Fsp3) is 0.0667. The van der Waals surface area contributed by atoms with Gasteiger partial charge in [0.25, 0.3) is 10.0 Å². The summed E-state index contributed by atoms with van der Waals surface area (Å²) in [4.78, 5) is 4.13. The Morgan fingerprint density at radius 1 is 1.13 bits per heavy atom. The number of aromatic nitrogens is 1. The van der Waals surface area contributed by atoms with Gasteiger partial charge >= 0.3 is 6.01 Å². The van der Waals surface area contributed by atoms with E-state index in [1.807, 2.05) is 12.1 Å². The predicted molar refractivity (Wildman–Crippen MR) is 88.3 cm³/mol. The molecule has 1 heterocycles. The van der Waals surface area contributed by atoms with Gasteiger partial charge < -0.3 is 10.2 Å². The maximum Gasteiger partial charge on any atom is 0.302 e. The molecule has 3 N–H and O–H groups in total. The normalized spacial score (nSPS) is 12.4. The third-order valence-corrected chi connectivity index (χ3v) is 4.13. The second-order valence-corrected chi connectivity index (χ2v) is 6.44. The molecule has 3 aromatic rings.